The van der Waals surface area contributed by atoms with E-state index < -0.39 is 0 Å². The van der Waals surface area contributed by atoms with E-state index in [1.54, 1.807) is 6.07 Å². The summed E-state index contributed by atoms with van der Waals surface area (Å²) < 4.78 is 5.88. The smallest absolute Gasteiger partial charge is 0.121 e. The molecule has 0 amide bonds. The Morgan fingerprint density at radius 2 is 1.70 bits per heavy atom. The van der Waals surface area contributed by atoms with E-state index in [4.69, 9.17) is 22.1 Å². The molecule has 0 aliphatic carbocycles. The molecule has 2 unspecified atom stereocenters. The standard InChI is InChI=1S/C17H20ClNO/c1-11-7-12(2)9-14(8-11)17(19)13(3)20-16-6-4-5-15(18)10-16/h4-10,13,17H,19H2,1-3H3. The Labute approximate surface area is 125 Å². The highest BCUT2D eigenvalue weighted by Crippen LogP contribution is 2.23. The van der Waals surface area contributed by atoms with Crippen LogP contribution < -0.4 is 10.5 Å². The Morgan fingerprint density at radius 3 is 2.30 bits per heavy atom. The number of hydrogen-bond acceptors (Lipinski definition) is 2. The lowest BCUT2D eigenvalue weighted by Crippen LogP contribution is -2.28. The zero-order valence-corrected chi connectivity index (χ0v) is 12.8. The zero-order valence-electron chi connectivity index (χ0n) is 12.1. The average molecular weight is 290 g/mol. The number of nitrogens with two attached hydrogens (primary N) is 1. The molecule has 0 aromatic heterocycles. The van der Waals surface area contributed by atoms with Crippen molar-refractivity contribution in [2.75, 3.05) is 0 Å². The number of hydrogen-bond donors (Lipinski definition) is 1. The van der Waals surface area contributed by atoms with Crippen molar-refractivity contribution < 1.29 is 4.74 Å². The van der Waals surface area contributed by atoms with E-state index in [-0.39, 0.29) is 12.1 Å². The van der Waals surface area contributed by atoms with Crippen LogP contribution in [0.15, 0.2) is 42.5 Å². The van der Waals surface area contributed by atoms with Gasteiger partial charge >= 0.3 is 0 Å². The van der Waals surface area contributed by atoms with Crippen LogP contribution in [-0.2, 0) is 0 Å². The molecule has 0 fully saturated rings. The van der Waals surface area contributed by atoms with Crippen LogP contribution in [0.5, 0.6) is 5.75 Å². The number of aryl methyl sites for hydroxylation is 2. The van der Waals surface area contributed by atoms with Crippen molar-refractivity contribution in [1.29, 1.82) is 0 Å². The molecule has 0 heterocycles. The van der Waals surface area contributed by atoms with Gasteiger partial charge in [0, 0.05) is 5.02 Å². The summed E-state index contributed by atoms with van der Waals surface area (Å²) in [5, 5.41) is 0.662. The molecule has 2 N–H and O–H groups in total. The van der Waals surface area contributed by atoms with Gasteiger partial charge in [-0.15, -0.1) is 0 Å². The molecule has 0 bridgehead atoms. The summed E-state index contributed by atoms with van der Waals surface area (Å²) in [4.78, 5) is 0. The Bertz CT molecular complexity index is 577. The van der Waals surface area contributed by atoms with Crippen LogP contribution in [0.4, 0.5) is 0 Å². The molecule has 0 radical (unpaired) electrons. The van der Waals surface area contributed by atoms with Gasteiger partial charge in [0.05, 0.1) is 6.04 Å². The van der Waals surface area contributed by atoms with Crippen molar-refractivity contribution in [3.63, 3.8) is 0 Å². The minimum absolute atomic E-state index is 0.130. The quantitative estimate of drug-likeness (QED) is 0.904. The average Bonchev–Trinajstić information content (AvgIpc) is 2.36. The summed E-state index contributed by atoms with van der Waals surface area (Å²) in [5.74, 6) is 0.741. The molecule has 3 heteroatoms. The van der Waals surface area contributed by atoms with E-state index in [0.717, 1.165) is 11.3 Å². The highest BCUT2D eigenvalue weighted by atomic mass is 35.5. The fourth-order valence-corrected chi connectivity index (χ4v) is 2.48. The largest absolute Gasteiger partial charge is 0.489 e. The van der Waals surface area contributed by atoms with Crippen molar-refractivity contribution in [1.82, 2.24) is 0 Å². The highest BCUT2D eigenvalue weighted by molar-refractivity contribution is 6.30. The van der Waals surface area contributed by atoms with Crippen molar-refractivity contribution in [3.05, 3.63) is 64.2 Å². The first-order chi connectivity index (χ1) is 9.45. The van der Waals surface area contributed by atoms with Gasteiger partial charge in [-0.2, -0.15) is 0 Å². The molecule has 2 atom stereocenters. The van der Waals surface area contributed by atoms with E-state index >= 15 is 0 Å². The third-order valence-corrected chi connectivity index (χ3v) is 3.49. The van der Waals surface area contributed by atoms with Crippen molar-refractivity contribution >= 4 is 11.6 Å². The summed E-state index contributed by atoms with van der Waals surface area (Å²) >= 11 is 5.96. The number of benzene rings is 2. The van der Waals surface area contributed by atoms with Crippen LogP contribution in [0.3, 0.4) is 0 Å². The predicted octanol–water partition coefficient (Wildman–Crippen LogP) is 4.42. The normalized spacial score (nSPS) is 13.8. The lowest BCUT2D eigenvalue weighted by molar-refractivity contribution is 0.190. The number of rotatable bonds is 4. The SMILES string of the molecule is Cc1cc(C)cc(C(N)C(C)Oc2cccc(Cl)c2)c1. The second kappa shape index (κ2) is 6.29. The van der Waals surface area contributed by atoms with Crippen molar-refractivity contribution in [2.24, 2.45) is 5.73 Å². The third kappa shape index (κ3) is 3.75. The topological polar surface area (TPSA) is 35.2 Å². The lowest BCUT2D eigenvalue weighted by Gasteiger charge is -2.22. The predicted molar refractivity (Wildman–Crippen MR) is 84.4 cm³/mol. The van der Waals surface area contributed by atoms with Gasteiger partial charge < -0.3 is 10.5 Å². The Hall–Kier alpha value is -1.51. The number of halogens is 1. The van der Waals surface area contributed by atoms with Crippen LogP contribution in [-0.4, -0.2) is 6.10 Å². The maximum Gasteiger partial charge on any atom is 0.121 e. The molecule has 0 aliphatic heterocycles. The molecule has 106 valence electrons. The summed E-state index contributed by atoms with van der Waals surface area (Å²) in [7, 11) is 0. The van der Waals surface area contributed by atoms with Gasteiger partial charge in [-0.25, -0.2) is 0 Å². The van der Waals surface area contributed by atoms with Crippen LogP contribution in [0.1, 0.15) is 29.7 Å². The molecular formula is C17H20ClNO. The van der Waals surface area contributed by atoms with Crippen LogP contribution in [0.25, 0.3) is 0 Å². The van der Waals surface area contributed by atoms with Crippen LogP contribution in [0.2, 0.25) is 5.02 Å². The monoisotopic (exact) mass is 289 g/mol. The molecule has 2 nitrogen and oxygen atoms in total. The highest BCUT2D eigenvalue weighted by Gasteiger charge is 2.17. The van der Waals surface area contributed by atoms with Crippen LogP contribution >= 0.6 is 11.6 Å². The van der Waals surface area contributed by atoms with E-state index in [0.29, 0.717) is 5.02 Å². The molecule has 2 rings (SSSR count). The molecule has 0 saturated heterocycles. The van der Waals surface area contributed by atoms with E-state index in [2.05, 4.69) is 32.0 Å². The first-order valence-corrected chi connectivity index (χ1v) is 7.09. The molecule has 0 saturated carbocycles. The molecule has 0 spiro atoms. The van der Waals surface area contributed by atoms with Crippen molar-refractivity contribution in [3.8, 4) is 5.75 Å². The second-order valence-corrected chi connectivity index (χ2v) is 5.66. The molecule has 2 aromatic carbocycles. The fourth-order valence-electron chi connectivity index (χ4n) is 2.30. The first kappa shape index (κ1) is 14.9. The van der Waals surface area contributed by atoms with E-state index in [9.17, 15) is 0 Å². The van der Waals surface area contributed by atoms with Crippen molar-refractivity contribution in [2.45, 2.75) is 32.9 Å². The van der Waals surface area contributed by atoms with Crippen LogP contribution in [0, 0.1) is 13.8 Å². The second-order valence-electron chi connectivity index (χ2n) is 5.23. The number of ether oxygens (including phenoxy) is 1. The van der Waals surface area contributed by atoms with Gasteiger partial charge in [0.25, 0.3) is 0 Å². The Morgan fingerprint density at radius 1 is 1.05 bits per heavy atom. The minimum Gasteiger partial charge on any atom is -0.489 e. The molecule has 0 aliphatic rings. The summed E-state index contributed by atoms with van der Waals surface area (Å²) in [6.45, 7) is 6.13. The molecule has 20 heavy (non-hydrogen) atoms. The molecule has 2 aromatic rings. The van der Waals surface area contributed by atoms with Gasteiger partial charge in [0.15, 0.2) is 0 Å². The maximum atomic E-state index is 6.30. The lowest BCUT2D eigenvalue weighted by atomic mass is 9.99. The third-order valence-electron chi connectivity index (χ3n) is 3.25. The summed E-state index contributed by atoms with van der Waals surface area (Å²) in [6, 6.07) is 13.6. The maximum absolute atomic E-state index is 6.30. The Balaban J connectivity index is 2.14. The van der Waals surface area contributed by atoms with Gasteiger partial charge in [-0.1, -0.05) is 47.0 Å². The zero-order chi connectivity index (χ0) is 14.7. The summed E-state index contributed by atoms with van der Waals surface area (Å²) in [6.07, 6.45) is -0.130. The first-order valence-electron chi connectivity index (χ1n) is 6.71. The molecular weight excluding hydrogens is 270 g/mol. The van der Waals surface area contributed by atoms with E-state index in [1.807, 2.05) is 25.1 Å². The van der Waals surface area contributed by atoms with Gasteiger partial charge in [-0.05, 0) is 44.5 Å². The Kier molecular flexibility index (Phi) is 4.69. The van der Waals surface area contributed by atoms with Gasteiger partial charge in [-0.3, -0.25) is 0 Å². The van der Waals surface area contributed by atoms with Gasteiger partial charge in [0.2, 0.25) is 0 Å². The minimum atomic E-state index is -0.174. The fraction of sp³-hybridized carbons (Fsp3) is 0.294. The summed E-state index contributed by atoms with van der Waals surface area (Å²) in [5.41, 5.74) is 9.83. The van der Waals surface area contributed by atoms with E-state index in [1.165, 1.54) is 11.1 Å². The van der Waals surface area contributed by atoms with Gasteiger partial charge in [0.1, 0.15) is 11.9 Å².